The lowest BCUT2D eigenvalue weighted by Crippen LogP contribution is -2.31. The monoisotopic (exact) mass is 335 g/mol. The van der Waals surface area contributed by atoms with E-state index in [4.69, 9.17) is 0 Å². The Bertz CT molecular complexity index is 525. The summed E-state index contributed by atoms with van der Waals surface area (Å²) >= 11 is 1.56. The van der Waals surface area contributed by atoms with Gasteiger partial charge in [0.15, 0.2) is 0 Å². The number of aryl methyl sites for hydroxylation is 2. The fraction of sp³-hybridized carbons (Fsp3) is 0.684. The van der Waals surface area contributed by atoms with Gasteiger partial charge in [0.2, 0.25) is 0 Å². The largest absolute Gasteiger partial charge is 0.274 e. The van der Waals surface area contributed by atoms with Gasteiger partial charge < -0.3 is 0 Å². The van der Waals surface area contributed by atoms with Crippen molar-refractivity contribution in [2.24, 2.45) is 0 Å². The molecular formula is C19H29NO2S. The first-order valence-electron chi connectivity index (χ1n) is 9.04. The first kappa shape index (κ1) is 18.2. The number of hydrogen-bond donors (Lipinski definition) is 0. The maximum Gasteiger partial charge on any atom is 0.262 e. The molecule has 2 amide bonds. The molecule has 0 radical (unpaired) electrons. The number of nitrogens with zero attached hydrogens (tertiary/aromatic N) is 1. The van der Waals surface area contributed by atoms with Gasteiger partial charge in [-0.1, -0.05) is 58.3 Å². The van der Waals surface area contributed by atoms with Crippen molar-refractivity contribution in [2.75, 3.05) is 6.54 Å². The molecular weight excluding hydrogens is 306 g/mol. The van der Waals surface area contributed by atoms with Gasteiger partial charge in [-0.15, -0.1) is 11.3 Å². The lowest BCUT2D eigenvalue weighted by Gasteiger charge is -2.14. The Balaban J connectivity index is 1.69. The van der Waals surface area contributed by atoms with E-state index in [9.17, 15) is 9.59 Å². The van der Waals surface area contributed by atoms with Gasteiger partial charge in [-0.2, -0.15) is 0 Å². The van der Waals surface area contributed by atoms with Crippen molar-refractivity contribution in [1.82, 2.24) is 4.90 Å². The van der Waals surface area contributed by atoms with Crippen LogP contribution in [0.15, 0.2) is 0 Å². The van der Waals surface area contributed by atoms with Crippen molar-refractivity contribution in [3.8, 4) is 0 Å². The van der Waals surface area contributed by atoms with E-state index in [1.165, 1.54) is 49.8 Å². The average Bonchev–Trinajstić information content (AvgIpc) is 2.95. The van der Waals surface area contributed by atoms with Crippen LogP contribution in [-0.2, 0) is 0 Å². The van der Waals surface area contributed by atoms with Crippen molar-refractivity contribution >= 4 is 23.2 Å². The molecule has 2 rings (SSSR count). The first-order valence-corrected chi connectivity index (χ1v) is 9.85. The quantitative estimate of drug-likeness (QED) is 0.419. The standard InChI is InChI=1S/C19H29NO2S/c1-4-5-6-7-8-9-10-11-12-13-20-18(21)16-14(2)23-15(3)17(16)19(20)22/h4-13H2,1-3H3. The van der Waals surface area contributed by atoms with Gasteiger partial charge in [0.25, 0.3) is 11.8 Å². The summed E-state index contributed by atoms with van der Waals surface area (Å²) in [4.78, 5) is 28.3. The van der Waals surface area contributed by atoms with Crippen LogP contribution in [0.5, 0.6) is 0 Å². The van der Waals surface area contributed by atoms with Gasteiger partial charge in [0.05, 0.1) is 11.1 Å². The zero-order valence-electron chi connectivity index (χ0n) is 14.7. The normalized spacial score (nSPS) is 14.0. The smallest absolute Gasteiger partial charge is 0.262 e. The maximum atomic E-state index is 12.4. The van der Waals surface area contributed by atoms with Crippen LogP contribution in [0.3, 0.4) is 0 Å². The van der Waals surface area contributed by atoms with Gasteiger partial charge in [0, 0.05) is 16.3 Å². The van der Waals surface area contributed by atoms with E-state index in [-0.39, 0.29) is 11.8 Å². The SMILES string of the molecule is CCCCCCCCCCCN1C(=O)c2c(C)sc(C)c2C1=O. The van der Waals surface area contributed by atoms with Crippen LogP contribution in [0.25, 0.3) is 0 Å². The Kier molecular flexibility index (Phi) is 6.82. The fourth-order valence-electron chi connectivity index (χ4n) is 3.34. The zero-order valence-corrected chi connectivity index (χ0v) is 15.6. The Hall–Kier alpha value is -1.16. The van der Waals surface area contributed by atoms with Gasteiger partial charge in [-0.25, -0.2) is 0 Å². The molecule has 0 fully saturated rings. The Morgan fingerprint density at radius 1 is 0.739 bits per heavy atom. The number of rotatable bonds is 10. The molecule has 0 bridgehead atoms. The molecule has 0 aliphatic carbocycles. The number of thiophene rings is 1. The fourth-order valence-corrected chi connectivity index (χ4v) is 4.39. The molecule has 3 nitrogen and oxygen atoms in total. The summed E-state index contributed by atoms with van der Waals surface area (Å²) in [7, 11) is 0. The second-order valence-electron chi connectivity index (χ2n) is 6.55. The highest BCUT2D eigenvalue weighted by Gasteiger charge is 2.39. The van der Waals surface area contributed by atoms with Crippen LogP contribution in [0, 0.1) is 13.8 Å². The predicted octanol–water partition coefficient (Wildman–Crippen LogP) is 5.49. The molecule has 0 unspecified atom stereocenters. The molecule has 1 aliphatic heterocycles. The number of unbranched alkanes of at least 4 members (excludes halogenated alkanes) is 8. The molecule has 4 heteroatoms. The number of carbonyl (C=O) groups is 2. The Morgan fingerprint density at radius 2 is 1.17 bits per heavy atom. The highest BCUT2D eigenvalue weighted by Crippen LogP contribution is 2.34. The number of amides is 2. The van der Waals surface area contributed by atoms with Gasteiger partial charge >= 0.3 is 0 Å². The highest BCUT2D eigenvalue weighted by molar-refractivity contribution is 7.12. The van der Waals surface area contributed by atoms with Crippen LogP contribution in [0.2, 0.25) is 0 Å². The third kappa shape index (κ3) is 4.23. The van der Waals surface area contributed by atoms with E-state index in [1.54, 1.807) is 11.3 Å². The van der Waals surface area contributed by atoms with Crippen LogP contribution < -0.4 is 0 Å². The Morgan fingerprint density at radius 3 is 1.65 bits per heavy atom. The maximum absolute atomic E-state index is 12.4. The van der Waals surface area contributed by atoms with Crippen molar-refractivity contribution in [2.45, 2.75) is 78.6 Å². The topological polar surface area (TPSA) is 37.4 Å². The molecule has 1 aromatic rings. The lowest BCUT2D eigenvalue weighted by molar-refractivity contribution is 0.0651. The second kappa shape index (κ2) is 8.62. The molecule has 128 valence electrons. The van der Waals surface area contributed by atoms with Crippen molar-refractivity contribution < 1.29 is 9.59 Å². The molecule has 0 aromatic carbocycles. The summed E-state index contributed by atoms with van der Waals surface area (Å²) in [6.45, 7) is 6.68. The molecule has 0 saturated heterocycles. The van der Waals surface area contributed by atoms with Crippen LogP contribution in [0.1, 0.15) is 95.2 Å². The van der Waals surface area contributed by atoms with Crippen molar-refractivity contribution in [3.05, 3.63) is 20.9 Å². The van der Waals surface area contributed by atoms with Crippen LogP contribution >= 0.6 is 11.3 Å². The molecule has 0 saturated carbocycles. The zero-order chi connectivity index (χ0) is 16.8. The van der Waals surface area contributed by atoms with E-state index < -0.39 is 0 Å². The van der Waals surface area contributed by atoms with E-state index in [1.807, 2.05) is 13.8 Å². The number of hydrogen-bond acceptors (Lipinski definition) is 3. The van der Waals surface area contributed by atoms with Gasteiger partial charge in [-0.3, -0.25) is 14.5 Å². The molecule has 0 N–H and O–H groups in total. The molecule has 0 spiro atoms. The summed E-state index contributed by atoms with van der Waals surface area (Å²) in [6.07, 6.45) is 11.2. The minimum Gasteiger partial charge on any atom is -0.274 e. The van der Waals surface area contributed by atoms with E-state index >= 15 is 0 Å². The summed E-state index contributed by atoms with van der Waals surface area (Å²) in [5.41, 5.74) is 1.32. The van der Waals surface area contributed by atoms with Crippen LogP contribution in [0.4, 0.5) is 0 Å². The van der Waals surface area contributed by atoms with E-state index in [0.717, 1.165) is 22.6 Å². The first-order chi connectivity index (χ1) is 11.1. The molecule has 1 aromatic heterocycles. The number of fused-ring (bicyclic) bond motifs is 1. The Labute approximate surface area is 144 Å². The summed E-state index contributed by atoms with van der Waals surface area (Å²) < 4.78 is 0. The highest BCUT2D eigenvalue weighted by atomic mass is 32.1. The predicted molar refractivity (Wildman–Crippen MR) is 96.4 cm³/mol. The second-order valence-corrected chi connectivity index (χ2v) is 7.98. The molecule has 23 heavy (non-hydrogen) atoms. The third-order valence-corrected chi connectivity index (χ3v) is 5.68. The van der Waals surface area contributed by atoms with Gasteiger partial charge in [-0.05, 0) is 20.3 Å². The minimum atomic E-state index is -0.0774. The summed E-state index contributed by atoms with van der Waals surface area (Å²) in [5.74, 6) is -0.155. The summed E-state index contributed by atoms with van der Waals surface area (Å²) in [5, 5.41) is 0. The van der Waals surface area contributed by atoms with E-state index in [0.29, 0.717) is 17.7 Å². The van der Waals surface area contributed by atoms with Gasteiger partial charge in [0.1, 0.15) is 0 Å². The molecule has 1 aliphatic rings. The van der Waals surface area contributed by atoms with E-state index in [2.05, 4.69) is 6.92 Å². The number of imide groups is 1. The van der Waals surface area contributed by atoms with Crippen LogP contribution in [-0.4, -0.2) is 23.3 Å². The lowest BCUT2D eigenvalue weighted by atomic mass is 10.1. The van der Waals surface area contributed by atoms with Crippen molar-refractivity contribution in [1.29, 1.82) is 0 Å². The average molecular weight is 336 g/mol. The summed E-state index contributed by atoms with van der Waals surface area (Å²) in [6, 6.07) is 0. The number of carbonyl (C=O) groups excluding carboxylic acids is 2. The molecule has 0 atom stereocenters. The molecule has 2 heterocycles. The van der Waals surface area contributed by atoms with Crippen molar-refractivity contribution in [3.63, 3.8) is 0 Å². The minimum absolute atomic E-state index is 0.0774. The third-order valence-electron chi connectivity index (χ3n) is 4.66.